The lowest BCUT2D eigenvalue weighted by Gasteiger charge is -2.11. The molecule has 0 bridgehead atoms. The molecule has 0 aromatic heterocycles. The Labute approximate surface area is 112 Å². The van der Waals surface area contributed by atoms with Gasteiger partial charge >= 0.3 is 0 Å². The zero-order valence-corrected chi connectivity index (χ0v) is 10.7. The van der Waals surface area contributed by atoms with E-state index in [1.54, 1.807) is 5.01 Å². The van der Waals surface area contributed by atoms with Gasteiger partial charge in [-0.2, -0.15) is 5.10 Å². The molecule has 0 saturated heterocycles. The number of benzene rings is 2. The Morgan fingerprint density at radius 2 is 1.68 bits per heavy atom. The lowest BCUT2D eigenvalue weighted by Crippen LogP contribution is -2.18. The van der Waals surface area contributed by atoms with E-state index in [-0.39, 0.29) is 5.78 Å². The maximum atomic E-state index is 12.1. The molecular formula is C16H14N2O. The average Bonchev–Trinajstić information content (AvgIpc) is 2.83. The Morgan fingerprint density at radius 1 is 1.00 bits per heavy atom. The number of ketones is 1. The lowest BCUT2D eigenvalue weighted by molar-refractivity contribution is -0.111. The molecule has 0 radical (unpaired) electrons. The van der Waals surface area contributed by atoms with Crippen LogP contribution in [0.2, 0.25) is 0 Å². The number of Topliss-reactive ketones (excluding diaryl/α,β-unsaturated/α-hetero) is 1. The first kappa shape index (κ1) is 11.7. The summed E-state index contributed by atoms with van der Waals surface area (Å²) in [5.41, 5.74) is 3.55. The van der Waals surface area contributed by atoms with Crippen molar-refractivity contribution in [2.24, 2.45) is 5.10 Å². The maximum Gasteiger partial charge on any atom is 0.205 e. The van der Waals surface area contributed by atoms with Gasteiger partial charge in [0.25, 0.3) is 0 Å². The molecule has 3 heteroatoms. The highest BCUT2D eigenvalue weighted by Gasteiger charge is 2.25. The number of rotatable bonds is 2. The van der Waals surface area contributed by atoms with Crippen LogP contribution in [-0.2, 0) is 4.79 Å². The summed E-state index contributed by atoms with van der Waals surface area (Å²) in [5, 5.41) is 6.19. The third-order valence-corrected chi connectivity index (χ3v) is 3.16. The van der Waals surface area contributed by atoms with Crippen LogP contribution < -0.4 is 5.01 Å². The van der Waals surface area contributed by atoms with E-state index < -0.39 is 0 Å². The van der Waals surface area contributed by atoms with E-state index in [1.807, 2.05) is 61.5 Å². The number of anilines is 1. The van der Waals surface area contributed by atoms with Crippen LogP contribution in [0.4, 0.5) is 5.69 Å². The van der Waals surface area contributed by atoms with Crippen LogP contribution >= 0.6 is 0 Å². The molecule has 0 spiro atoms. The standard InChI is InChI=1S/C16H14N2O/c1-12-7-9-13(10-8-12)16-15(19)11-18(17-16)14-5-3-2-4-6-14/h2-10H,11H2,1H3. The van der Waals surface area contributed by atoms with E-state index in [1.165, 1.54) is 5.56 Å². The molecule has 2 aromatic carbocycles. The Kier molecular flexibility index (Phi) is 2.88. The molecular weight excluding hydrogens is 236 g/mol. The maximum absolute atomic E-state index is 12.1. The molecule has 3 nitrogen and oxygen atoms in total. The number of aryl methyl sites for hydroxylation is 1. The summed E-state index contributed by atoms with van der Waals surface area (Å²) in [6, 6.07) is 17.6. The third kappa shape index (κ3) is 2.27. The van der Waals surface area contributed by atoms with Gasteiger partial charge in [0.2, 0.25) is 5.78 Å². The van der Waals surface area contributed by atoms with Crippen molar-refractivity contribution in [1.29, 1.82) is 0 Å². The summed E-state index contributed by atoms with van der Waals surface area (Å²) in [6.07, 6.45) is 0. The summed E-state index contributed by atoms with van der Waals surface area (Å²) in [6.45, 7) is 2.34. The summed E-state index contributed by atoms with van der Waals surface area (Å²) in [4.78, 5) is 12.1. The third-order valence-electron chi connectivity index (χ3n) is 3.16. The molecule has 3 rings (SSSR count). The highest BCUT2D eigenvalue weighted by atomic mass is 16.1. The fraction of sp³-hybridized carbons (Fsp3) is 0.125. The van der Waals surface area contributed by atoms with Gasteiger partial charge in [0.1, 0.15) is 12.3 Å². The molecule has 1 aliphatic heterocycles. The highest BCUT2D eigenvalue weighted by Crippen LogP contribution is 2.19. The molecule has 0 saturated carbocycles. The smallest absolute Gasteiger partial charge is 0.205 e. The fourth-order valence-electron chi connectivity index (χ4n) is 2.10. The SMILES string of the molecule is Cc1ccc(C2=NN(c3ccccc3)CC2=O)cc1. The van der Waals surface area contributed by atoms with Crippen LogP contribution in [0.25, 0.3) is 0 Å². The number of hydrogen-bond acceptors (Lipinski definition) is 3. The van der Waals surface area contributed by atoms with E-state index in [0.717, 1.165) is 11.3 Å². The van der Waals surface area contributed by atoms with Crippen molar-refractivity contribution in [2.75, 3.05) is 11.6 Å². The van der Waals surface area contributed by atoms with Crippen molar-refractivity contribution in [3.8, 4) is 0 Å². The van der Waals surface area contributed by atoms with E-state index in [4.69, 9.17) is 0 Å². The number of nitrogens with zero attached hydrogens (tertiary/aromatic N) is 2. The van der Waals surface area contributed by atoms with Gasteiger partial charge in [-0.25, -0.2) is 0 Å². The van der Waals surface area contributed by atoms with E-state index in [0.29, 0.717) is 12.3 Å². The van der Waals surface area contributed by atoms with Crippen LogP contribution in [0, 0.1) is 6.92 Å². The number of hydrogen-bond donors (Lipinski definition) is 0. The molecule has 1 heterocycles. The predicted molar refractivity (Wildman–Crippen MR) is 76.5 cm³/mol. The van der Waals surface area contributed by atoms with Gasteiger partial charge in [0, 0.05) is 5.56 Å². The average molecular weight is 250 g/mol. The molecule has 0 fully saturated rings. The van der Waals surface area contributed by atoms with Gasteiger partial charge in [-0.1, -0.05) is 48.0 Å². The minimum Gasteiger partial charge on any atom is -0.290 e. The molecule has 0 unspecified atom stereocenters. The van der Waals surface area contributed by atoms with E-state index in [2.05, 4.69) is 5.10 Å². The van der Waals surface area contributed by atoms with Crippen molar-refractivity contribution in [3.63, 3.8) is 0 Å². The van der Waals surface area contributed by atoms with Crippen molar-refractivity contribution < 1.29 is 4.79 Å². The van der Waals surface area contributed by atoms with Crippen molar-refractivity contribution in [1.82, 2.24) is 0 Å². The molecule has 1 aliphatic rings. The van der Waals surface area contributed by atoms with Crippen LogP contribution in [0.3, 0.4) is 0 Å². The quantitative estimate of drug-likeness (QED) is 0.821. The zero-order chi connectivity index (χ0) is 13.2. The summed E-state index contributed by atoms with van der Waals surface area (Å²) in [5.74, 6) is 0.0627. The molecule has 94 valence electrons. The summed E-state index contributed by atoms with van der Waals surface area (Å²) < 4.78 is 0. The second-order valence-electron chi connectivity index (χ2n) is 4.63. The van der Waals surface area contributed by atoms with E-state index >= 15 is 0 Å². The second-order valence-corrected chi connectivity index (χ2v) is 4.63. The topological polar surface area (TPSA) is 32.7 Å². The molecule has 2 aromatic rings. The van der Waals surface area contributed by atoms with Crippen LogP contribution in [-0.4, -0.2) is 18.0 Å². The Balaban J connectivity index is 1.94. The lowest BCUT2D eigenvalue weighted by atomic mass is 10.1. The number of para-hydroxylation sites is 1. The number of carbonyl (C=O) groups excluding carboxylic acids is 1. The summed E-state index contributed by atoms with van der Waals surface area (Å²) in [7, 11) is 0. The first-order valence-electron chi connectivity index (χ1n) is 6.25. The van der Waals surface area contributed by atoms with E-state index in [9.17, 15) is 4.79 Å². The normalized spacial score (nSPS) is 14.7. The first-order valence-corrected chi connectivity index (χ1v) is 6.25. The summed E-state index contributed by atoms with van der Waals surface area (Å²) >= 11 is 0. The minimum atomic E-state index is 0.0627. The molecule has 19 heavy (non-hydrogen) atoms. The number of carbonyl (C=O) groups is 1. The minimum absolute atomic E-state index is 0.0627. The molecule has 0 atom stereocenters. The van der Waals surface area contributed by atoms with Crippen LogP contribution in [0.5, 0.6) is 0 Å². The fourth-order valence-corrected chi connectivity index (χ4v) is 2.10. The van der Waals surface area contributed by atoms with Gasteiger partial charge in [0.05, 0.1) is 5.69 Å². The van der Waals surface area contributed by atoms with Crippen molar-refractivity contribution in [3.05, 3.63) is 65.7 Å². The predicted octanol–water partition coefficient (Wildman–Crippen LogP) is 2.79. The highest BCUT2D eigenvalue weighted by molar-refractivity contribution is 6.48. The first-order chi connectivity index (χ1) is 9.24. The van der Waals surface area contributed by atoms with Gasteiger partial charge in [0.15, 0.2) is 0 Å². The largest absolute Gasteiger partial charge is 0.290 e. The van der Waals surface area contributed by atoms with Gasteiger partial charge in [-0.05, 0) is 19.1 Å². The Morgan fingerprint density at radius 3 is 2.37 bits per heavy atom. The Bertz CT molecular complexity index is 630. The molecule has 0 aliphatic carbocycles. The van der Waals surface area contributed by atoms with Crippen molar-refractivity contribution in [2.45, 2.75) is 6.92 Å². The molecule has 0 amide bonds. The second kappa shape index (κ2) is 4.69. The van der Waals surface area contributed by atoms with Gasteiger partial charge < -0.3 is 0 Å². The zero-order valence-electron chi connectivity index (χ0n) is 10.7. The van der Waals surface area contributed by atoms with Gasteiger partial charge in [-0.15, -0.1) is 0 Å². The van der Waals surface area contributed by atoms with Crippen LogP contribution in [0.15, 0.2) is 59.7 Å². The monoisotopic (exact) mass is 250 g/mol. The van der Waals surface area contributed by atoms with Crippen LogP contribution in [0.1, 0.15) is 11.1 Å². The Hall–Kier alpha value is -2.42. The van der Waals surface area contributed by atoms with Gasteiger partial charge in [-0.3, -0.25) is 9.80 Å². The van der Waals surface area contributed by atoms with Crippen molar-refractivity contribution >= 4 is 17.2 Å². The number of hydrazone groups is 1. The molecule has 0 N–H and O–H groups in total.